The largest absolute Gasteiger partial charge is 0.495 e. The van der Waals surface area contributed by atoms with Crippen LogP contribution in [0.5, 0.6) is 5.75 Å². The molecule has 0 saturated heterocycles. The van der Waals surface area contributed by atoms with Crippen molar-refractivity contribution in [1.29, 1.82) is 5.26 Å². The summed E-state index contributed by atoms with van der Waals surface area (Å²) in [6.45, 7) is 1.94. The molecule has 5 heteroatoms. The van der Waals surface area contributed by atoms with Gasteiger partial charge < -0.3 is 10.5 Å². The van der Waals surface area contributed by atoms with Gasteiger partial charge in [-0.05, 0) is 24.6 Å². The Bertz CT molecular complexity index is 643. The van der Waals surface area contributed by atoms with Crippen molar-refractivity contribution < 1.29 is 4.74 Å². The predicted molar refractivity (Wildman–Crippen MR) is 75.2 cm³/mol. The van der Waals surface area contributed by atoms with E-state index in [4.69, 9.17) is 27.3 Å². The number of aryl methyl sites for hydroxylation is 1. The maximum absolute atomic E-state index is 8.97. The fourth-order valence-corrected chi connectivity index (χ4v) is 2.98. The Morgan fingerprint density at radius 1 is 1.44 bits per heavy atom. The predicted octanol–water partition coefficient (Wildman–Crippen LogP) is 3.84. The minimum absolute atomic E-state index is 0.515. The van der Waals surface area contributed by atoms with Gasteiger partial charge in [0.2, 0.25) is 0 Å². The fourth-order valence-electron chi connectivity index (χ4n) is 1.83. The number of rotatable bonds is 2. The van der Waals surface area contributed by atoms with Crippen molar-refractivity contribution in [2.75, 3.05) is 12.8 Å². The molecule has 2 N–H and O–H groups in total. The molecule has 1 aromatic carbocycles. The minimum Gasteiger partial charge on any atom is -0.495 e. The molecule has 3 nitrogen and oxygen atoms in total. The number of nitrogen functional groups attached to an aromatic ring is 1. The van der Waals surface area contributed by atoms with Gasteiger partial charge >= 0.3 is 0 Å². The van der Waals surface area contributed by atoms with Gasteiger partial charge in [0.25, 0.3) is 0 Å². The average Bonchev–Trinajstić information content (AvgIpc) is 2.64. The Morgan fingerprint density at radius 2 is 2.17 bits per heavy atom. The molecule has 0 aliphatic heterocycles. The highest BCUT2D eigenvalue weighted by Crippen LogP contribution is 2.40. The fraction of sp³-hybridized carbons (Fsp3) is 0.154. The summed E-state index contributed by atoms with van der Waals surface area (Å²) in [6, 6.07) is 7.58. The summed E-state index contributed by atoms with van der Waals surface area (Å²) in [5, 5.41) is 9.50. The molecule has 1 heterocycles. The van der Waals surface area contributed by atoms with Crippen LogP contribution >= 0.6 is 22.9 Å². The second-order valence-corrected chi connectivity index (χ2v) is 5.37. The molecule has 0 spiro atoms. The van der Waals surface area contributed by atoms with E-state index < -0.39 is 0 Å². The SMILES string of the molecule is COc1ccc(-c2c(C)sc(C#N)c2N)cc1Cl. The zero-order valence-corrected chi connectivity index (χ0v) is 11.5. The van der Waals surface area contributed by atoms with Gasteiger partial charge in [-0.15, -0.1) is 11.3 Å². The lowest BCUT2D eigenvalue weighted by atomic mass is 10.0. The molecule has 0 aliphatic rings. The molecule has 0 bridgehead atoms. The van der Waals surface area contributed by atoms with E-state index in [1.807, 2.05) is 13.0 Å². The molecule has 2 aromatic rings. The van der Waals surface area contributed by atoms with E-state index in [0.29, 0.717) is 21.3 Å². The summed E-state index contributed by atoms with van der Waals surface area (Å²) in [4.78, 5) is 1.54. The van der Waals surface area contributed by atoms with Crippen LogP contribution in [0.3, 0.4) is 0 Å². The highest BCUT2D eigenvalue weighted by Gasteiger charge is 2.15. The normalized spacial score (nSPS) is 10.1. The third-order valence-corrected chi connectivity index (χ3v) is 3.98. The van der Waals surface area contributed by atoms with Gasteiger partial charge in [-0.1, -0.05) is 17.7 Å². The van der Waals surface area contributed by atoms with Crippen molar-refractivity contribution >= 4 is 28.6 Å². The molecular formula is C13H11ClN2OS. The Balaban J connectivity index is 2.60. The zero-order chi connectivity index (χ0) is 13.3. The Morgan fingerprint density at radius 3 is 2.67 bits per heavy atom. The first-order valence-electron chi connectivity index (χ1n) is 5.21. The van der Waals surface area contributed by atoms with Crippen molar-refractivity contribution in [2.45, 2.75) is 6.92 Å². The molecule has 0 saturated carbocycles. The smallest absolute Gasteiger partial charge is 0.137 e. The number of hydrogen-bond donors (Lipinski definition) is 1. The first-order valence-corrected chi connectivity index (χ1v) is 6.40. The molecule has 0 fully saturated rings. The molecule has 18 heavy (non-hydrogen) atoms. The number of halogens is 1. The van der Waals surface area contributed by atoms with Crippen LogP contribution in [0, 0.1) is 18.3 Å². The maximum Gasteiger partial charge on any atom is 0.137 e. The van der Waals surface area contributed by atoms with Gasteiger partial charge in [-0.3, -0.25) is 0 Å². The number of anilines is 1. The highest BCUT2D eigenvalue weighted by atomic mass is 35.5. The summed E-state index contributed by atoms with van der Waals surface area (Å²) in [5.41, 5.74) is 8.27. The Kier molecular flexibility index (Phi) is 3.46. The van der Waals surface area contributed by atoms with Crippen LogP contribution in [-0.4, -0.2) is 7.11 Å². The van der Waals surface area contributed by atoms with Crippen LogP contribution in [0.2, 0.25) is 5.02 Å². The summed E-state index contributed by atoms with van der Waals surface area (Å²) in [6.07, 6.45) is 0. The first-order chi connectivity index (χ1) is 8.58. The van der Waals surface area contributed by atoms with Crippen LogP contribution in [0.25, 0.3) is 11.1 Å². The monoisotopic (exact) mass is 278 g/mol. The molecule has 0 radical (unpaired) electrons. The molecule has 2 rings (SSSR count). The minimum atomic E-state index is 0.515. The lowest BCUT2D eigenvalue weighted by Gasteiger charge is -2.07. The number of benzene rings is 1. The van der Waals surface area contributed by atoms with Gasteiger partial charge in [0, 0.05) is 10.4 Å². The number of nitrogens with two attached hydrogens (primary N) is 1. The number of ether oxygens (including phenoxy) is 1. The zero-order valence-electron chi connectivity index (χ0n) is 9.95. The van der Waals surface area contributed by atoms with Crippen LogP contribution in [0.4, 0.5) is 5.69 Å². The van der Waals surface area contributed by atoms with Gasteiger partial charge in [0.15, 0.2) is 0 Å². The highest BCUT2D eigenvalue weighted by molar-refractivity contribution is 7.13. The second-order valence-electron chi connectivity index (χ2n) is 3.74. The summed E-state index contributed by atoms with van der Waals surface area (Å²) in [5.74, 6) is 0.618. The number of nitrogens with zero attached hydrogens (tertiary/aromatic N) is 1. The first kappa shape index (κ1) is 12.7. The molecule has 1 aromatic heterocycles. The van der Waals surface area contributed by atoms with E-state index in [2.05, 4.69) is 6.07 Å². The van der Waals surface area contributed by atoms with E-state index >= 15 is 0 Å². The number of methoxy groups -OCH3 is 1. The van der Waals surface area contributed by atoms with Gasteiger partial charge in [-0.2, -0.15) is 5.26 Å². The van der Waals surface area contributed by atoms with Crippen molar-refractivity contribution in [3.8, 4) is 22.9 Å². The molecule has 0 atom stereocenters. The molecule has 92 valence electrons. The van der Waals surface area contributed by atoms with Crippen molar-refractivity contribution in [3.63, 3.8) is 0 Å². The van der Waals surface area contributed by atoms with E-state index in [9.17, 15) is 0 Å². The molecule has 0 aliphatic carbocycles. The van der Waals surface area contributed by atoms with E-state index in [-0.39, 0.29) is 0 Å². The number of thiophene rings is 1. The Labute approximate surface area is 114 Å². The molecule has 0 amide bonds. The summed E-state index contributed by atoms with van der Waals surface area (Å²) in [7, 11) is 1.57. The van der Waals surface area contributed by atoms with Crippen LogP contribution in [0.15, 0.2) is 18.2 Å². The van der Waals surface area contributed by atoms with Crippen LogP contribution in [0.1, 0.15) is 9.75 Å². The standard InChI is InChI=1S/C13H11ClN2OS/c1-7-12(13(16)11(6-15)18-7)8-3-4-10(17-2)9(14)5-8/h3-5H,16H2,1-2H3. The van der Waals surface area contributed by atoms with Crippen molar-refractivity contribution in [2.24, 2.45) is 0 Å². The Hall–Kier alpha value is -1.70. The van der Waals surface area contributed by atoms with Gasteiger partial charge in [0.1, 0.15) is 16.7 Å². The van der Waals surface area contributed by atoms with Crippen LogP contribution < -0.4 is 10.5 Å². The topological polar surface area (TPSA) is 59.0 Å². The molecule has 0 unspecified atom stereocenters. The quantitative estimate of drug-likeness (QED) is 0.908. The van der Waals surface area contributed by atoms with E-state index in [0.717, 1.165) is 16.0 Å². The third kappa shape index (κ3) is 2.03. The van der Waals surface area contributed by atoms with Crippen molar-refractivity contribution in [3.05, 3.63) is 33.0 Å². The maximum atomic E-state index is 8.97. The second kappa shape index (κ2) is 4.89. The van der Waals surface area contributed by atoms with E-state index in [1.165, 1.54) is 11.3 Å². The summed E-state index contributed by atoms with van der Waals surface area (Å²) < 4.78 is 5.11. The molecular weight excluding hydrogens is 268 g/mol. The number of nitriles is 1. The van der Waals surface area contributed by atoms with Crippen LogP contribution in [-0.2, 0) is 0 Å². The van der Waals surface area contributed by atoms with E-state index in [1.54, 1.807) is 19.2 Å². The lowest BCUT2D eigenvalue weighted by Crippen LogP contribution is -1.90. The number of hydrogen-bond acceptors (Lipinski definition) is 4. The average molecular weight is 279 g/mol. The van der Waals surface area contributed by atoms with Gasteiger partial charge in [-0.25, -0.2) is 0 Å². The van der Waals surface area contributed by atoms with Gasteiger partial charge in [0.05, 0.1) is 17.8 Å². The lowest BCUT2D eigenvalue weighted by molar-refractivity contribution is 0.415. The van der Waals surface area contributed by atoms with Crippen molar-refractivity contribution in [1.82, 2.24) is 0 Å². The summed E-state index contributed by atoms with van der Waals surface area (Å²) >= 11 is 7.49. The third-order valence-electron chi connectivity index (χ3n) is 2.66.